The molecule has 0 atom stereocenters. The Morgan fingerprint density at radius 2 is 2.14 bits per heavy atom. The highest BCUT2D eigenvalue weighted by Gasteiger charge is 2.12. The van der Waals surface area contributed by atoms with Crippen LogP contribution in [0.4, 0.5) is 0 Å². The van der Waals surface area contributed by atoms with Gasteiger partial charge in [-0.05, 0) is 27.2 Å². The van der Waals surface area contributed by atoms with Crippen molar-refractivity contribution in [3.63, 3.8) is 0 Å². The lowest BCUT2D eigenvalue weighted by molar-refractivity contribution is -0.120. The number of carbonyl (C=O) groups excluding carboxylic acids is 1. The summed E-state index contributed by atoms with van der Waals surface area (Å²) >= 11 is 3.27. The zero-order chi connectivity index (χ0) is 15.2. The van der Waals surface area contributed by atoms with Gasteiger partial charge in [0.1, 0.15) is 10.8 Å². The van der Waals surface area contributed by atoms with E-state index in [1.165, 1.54) is 0 Å². The van der Waals surface area contributed by atoms with Crippen molar-refractivity contribution in [2.45, 2.75) is 38.0 Å². The Morgan fingerprint density at radius 1 is 1.33 bits per heavy atom. The smallest absolute Gasteiger partial charge is 0.224 e. The first-order chi connectivity index (χ1) is 10.1. The molecule has 0 saturated carbocycles. The normalized spacial score (nSPS) is 10.8. The summed E-state index contributed by atoms with van der Waals surface area (Å²) in [6.45, 7) is 6.27. The summed E-state index contributed by atoms with van der Waals surface area (Å²) in [5, 5.41) is 15.7. The van der Waals surface area contributed by atoms with E-state index in [9.17, 15) is 4.79 Å². The van der Waals surface area contributed by atoms with Crippen molar-refractivity contribution in [3.05, 3.63) is 22.0 Å². The van der Waals surface area contributed by atoms with Crippen LogP contribution in [-0.2, 0) is 11.2 Å². The van der Waals surface area contributed by atoms with Crippen molar-refractivity contribution in [2.75, 3.05) is 12.3 Å². The van der Waals surface area contributed by atoms with Gasteiger partial charge in [-0.3, -0.25) is 4.79 Å². The zero-order valence-electron chi connectivity index (χ0n) is 12.3. The highest BCUT2D eigenvalue weighted by atomic mass is 32.2. The molecule has 2 aromatic heterocycles. The van der Waals surface area contributed by atoms with Gasteiger partial charge in [-0.25, -0.2) is 0 Å². The third-order valence-corrected chi connectivity index (χ3v) is 4.95. The van der Waals surface area contributed by atoms with Gasteiger partial charge in [-0.2, -0.15) is 0 Å². The summed E-state index contributed by atoms with van der Waals surface area (Å²) in [7, 11) is 0. The molecular formula is C13H18N4O2S2. The number of hydrogen-bond donors (Lipinski definition) is 1. The molecule has 1 N–H and O–H groups in total. The van der Waals surface area contributed by atoms with Gasteiger partial charge in [0.2, 0.25) is 5.91 Å². The molecule has 21 heavy (non-hydrogen) atoms. The first-order valence-electron chi connectivity index (χ1n) is 6.67. The second-order valence-electron chi connectivity index (χ2n) is 4.62. The van der Waals surface area contributed by atoms with Gasteiger partial charge in [-0.15, -0.1) is 10.2 Å². The Morgan fingerprint density at radius 3 is 2.76 bits per heavy atom. The van der Waals surface area contributed by atoms with Crippen LogP contribution in [0.15, 0.2) is 8.86 Å². The predicted molar refractivity (Wildman–Crippen MR) is 82.7 cm³/mol. The lowest BCUT2D eigenvalue weighted by Gasteiger charge is -2.04. The Bertz CT molecular complexity index is 590. The second kappa shape index (κ2) is 7.56. The van der Waals surface area contributed by atoms with E-state index in [0.717, 1.165) is 32.8 Å². The topological polar surface area (TPSA) is 80.9 Å². The van der Waals surface area contributed by atoms with Gasteiger partial charge >= 0.3 is 0 Å². The quantitative estimate of drug-likeness (QED) is 0.621. The fourth-order valence-corrected chi connectivity index (χ4v) is 3.60. The van der Waals surface area contributed by atoms with Crippen LogP contribution in [0.2, 0.25) is 0 Å². The Labute approximate surface area is 131 Å². The fraction of sp³-hybridized carbons (Fsp3) is 0.538. The molecule has 114 valence electrons. The highest BCUT2D eigenvalue weighted by Crippen LogP contribution is 2.22. The van der Waals surface area contributed by atoms with Crippen LogP contribution in [0.1, 0.15) is 28.4 Å². The molecule has 2 aromatic rings. The molecule has 0 aliphatic carbocycles. The van der Waals surface area contributed by atoms with Gasteiger partial charge in [0.25, 0.3) is 0 Å². The number of hydrogen-bond acceptors (Lipinski definition) is 7. The van der Waals surface area contributed by atoms with E-state index in [2.05, 4.69) is 20.7 Å². The van der Waals surface area contributed by atoms with Crippen molar-refractivity contribution in [2.24, 2.45) is 0 Å². The first-order valence-corrected chi connectivity index (χ1v) is 8.48. The molecule has 0 bridgehead atoms. The number of nitrogens with zero attached hydrogens (tertiary/aromatic N) is 3. The van der Waals surface area contributed by atoms with Gasteiger partial charge in [0.15, 0.2) is 4.34 Å². The monoisotopic (exact) mass is 326 g/mol. The lowest BCUT2D eigenvalue weighted by atomic mass is 10.1. The average molecular weight is 326 g/mol. The summed E-state index contributed by atoms with van der Waals surface area (Å²) in [4.78, 5) is 11.8. The second-order valence-corrected chi connectivity index (χ2v) is 7.14. The van der Waals surface area contributed by atoms with Crippen molar-refractivity contribution < 1.29 is 9.32 Å². The molecular weight excluding hydrogens is 308 g/mol. The van der Waals surface area contributed by atoms with Gasteiger partial charge in [-0.1, -0.05) is 28.3 Å². The maximum absolute atomic E-state index is 11.8. The molecule has 2 rings (SSSR count). The van der Waals surface area contributed by atoms with Crippen LogP contribution in [0.5, 0.6) is 0 Å². The Balaban J connectivity index is 1.63. The Hall–Kier alpha value is -1.41. The number of amides is 1. The molecule has 0 fully saturated rings. The van der Waals surface area contributed by atoms with E-state index < -0.39 is 0 Å². The molecule has 0 aromatic carbocycles. The molecule has 0 radical (unpaired) electrons. The van der Waals surface area contributed by atoms with Crippen LogP contribution in [0.3, 0.4) is 0 Å². The minimum absolute atomic E-state index is 0.00107. The molecule has 6 nitrogen and oxygen atoms in total. The third-order valence-electron chi connectivity index (χ3n) is 2.89. The Kier molecular flexibility index (Phi) is 5.75. The molecule has 0 aliphatic heterocycles. The minimum Gasteiger partial charge on any atom is -0.361 e. The van der Waals surface area contributed by atoms with Crippen LogP contribution < -0.4 is 5.32 Å². The van der Waals surface area contributed by atoms with Gasteiger partial charge in [0, 0.05) is 17.9 Å². The number of nitrogens with one attached hydrogen (secondary N) is 1. The largest absolute Gasteiger partial charge is 0.361 e. The van der Waals surface area contributed by atoms with Crippen LogP contribution in [0, 0.1) is 20.8 Å². The van der Waals surface area contributed by atoms with E-state index in [1.54, 1.807) is 23.1 Å². The van der Waals surface area contributed by atoms with Gasteiger partial charge < -0.3 is 9.84 Å². The fourth-order valence-electron chi connectivity index (χ4n) is 1.77. The summed E-state index contributed by atoms with van der Waals surface area (Å²) in [5.41, 5.74) is 1.66. The minimum atomic E-state index is 0.00107. The highest BCUT2D eigenvalue weighted by molar-refractivity contribution is 8.01. The van der Waals surface area contributed by atoms with E-state index >= 15 is 0 Å². The molecule has 8 heteroatoms. The van der Waals surface area contributed by atoms with Crippen LogP contribution in [0.25, 0.3) is 0 Å². The van der Waals surface area contributed by atoms with E-state index in [1.807, 2.05) is 20.8 Å². The maximum Gasteiger partial charge on any atom is 0.224 e. The van der Waals surface area contributed by atoms with Crippen LogP contribution >= 0.6 is 23.1 Å². The van der Waals surface area contributed by atoms with E-state index in [4.69, 9.17) is 4.52 Å². The number of rotatable bonds is 7. The maximum atomic E-state index is 11.8. The number of thioether (sulfide) groups is 1. The average Bonchev–Trinajstić information content (AvgIpc) is 2.99. The number of carbonyl (C=O) groups is 1. The van der Waals surface area contributed by atoms with E-state index in [-0.39, 0.29) is 5.91 Å². The van der Waals surface area contributed by atoms with E-state index in [0.29, 0.717) is 18.7 Å². The molecule has 0 unspecified atom stereocenters. The summed E-state index contributed by atoms with van der Waals surface area (Å²) in [6.07, 6.45) is 1.22. The SMILES string of the molecule is Cc1nnc(SCCCNC(=O)Cc2c(C)noc2C)s1. The number of aryl methyl sites for hydroxylation is 3. The third kappa shape index (κ3) is 4.82. The summed E-state index contributed by atoms with van der Waals surface area (Å²) in [6, 6.07) is 0. The summed E-state index contributed by atoms with van der Waals surface area (Å²) in [5.74, 6) is 1.63. The predicted octanol–water partition coefficient (Wildman–Crippen LogP) is 2.29. The lowest BCUT2D eigenvalue weighted by Crippen LogP contribution is -2.26. The molecule has 0 saturated heterocycles. The first kappa shape index (κ1) is 16.0. The van der Waals surface area contributed by atoms with Crippen molar-refractivity contribution in [1.29, 1.82) is 0 Å². The standard InChI is InChI=1S/C13H18N4O2S2/c1-8-11(9(2)19-17-8)7-12(18)14-5-4-6-20-13-16-15-10(3)21-13/h4-7H2,1-3H3,(H,14,18). The van der Waals surface area contributed by atoms with Crippen LogP contribution in [-0.4, -0.2) is 33.6 Å². The van der Waals surface area contributed by atoms with Crippen molar-refractivity contribution in [1.82, 2.24) is 20.7 Å². The molecule has 0 aliphatic rings. The van der Waals surface area contributed by atoms with Crippen molar-refractivity contribution in [3.8, 4) is 0 Å². The zero-order valence-corrected chi connectivity index (χ0v) is 13.9. The molecule has 0 spiro atoms. The number of aromatic nitrogens is 3. The molecule has 1 amide bonds. The van der Waals surface area contributed by atoms with Gasteiger partial charge in [0.05, 0.1) is 12.1 Å². The van der Waals surface area contributed by atoms with Crippen molar-refractivity contribution >= 4 is 29.0 Å². The molecule has 2 heterocycles. The summed E-state index contributed by atoms with van der Waals surface area (Å²) < 4.78 is 6.03.